The highest BCUT2D eigenvalue weighted by molar-refractivity contribution is 5.90. The Morgan fingerprint density at radius 3 is 2.65 bits per heavy atom. The van der Waals surface area contributed by atoms with Gasteiger partial charge >= 0.3 is 5.97 Å². The molecular weight excluding hydrogens is 232 g/mol. The number of esters is 1. The number of hydrogen-bond acceptors (Lipinski definition) is 4. The predicted octanol–water partition coefficient (Wildman–Crippen LogP) is 1.61. The monoisotopic (exact) mass is 245 g/mol. The van der Waals surface area contributed by atoms with Crippen LogP contribution in [0.4, 0.5) is 8.78 Å². The molecule has 0 amide bonds. The van der Waals surface area contributed by atoms with E-state index in [1.165, 1.54) is 20.1 Å². The Hall–Kier alpha value is -1.43. The van der Waals surface area contributed by atoms with Gasteiger partial charge in [-0.2, -0.15) is 0 Å². The molecule has 1 heterocycles. The molecule has 0 radical (unpaired) electrons. The molecule has 94 valence electrons. The van der Waals surface area contributed by atoms with Gasteiger partial charge < -0.3 is 14.9 Å². The number of rotatable bonds is 3. The third-order valence-electron chi connectivity index (χ3n) is 3.24. The summed E-state index contributed by atoms with van der Waals surface area (Å²) in [4.78, 5) is 11.3. The quantitative estimate of drug-likeness (QED) is 0.821. The zero-order valence-corrected chi connectivity index (χ0v) is 9.55. The summed E-state index contributed by atoms with van der Waals surface area (Å²) in [6.45, 7) is 1.31. The summed E-state index contributed by atoms with van der Waals surface area (Å²) in [5.41, 5.74) is 4.10. The van der Waals surface area contributed by atoms with Gasteiger partial charge in [0.2, 0.25) is 0 Å². The van der Waals surface area contributed by atoms with Crippen LogP contribution < -0.4 is 5.73 Å². The molecule has 0 spiro atoms. The summed E-state index contributed by atoms with van der Waals surface area (Å²) in [6.07, 6.45) is -0.343. The lowest BCUT2D eigenvalue weighted by Crippen LogP contribution is -2.26. The predicted molar refractivity (Wildman–Crippen MR) is 55.1 cm³/mol. The zero-order valence-electron chi connectivity index (χ0n) is 9.55. The standard InChI is InChI=1S/C11H13F2NO3/c1-6-7(9(15)16-2)3-8(17-6)10(5-14)4-11(10,12)13/h3H,4-5,14H2,1-2H3. The first kappa shape index (κ1) is 12.0. The van der Waals surface area contributed by atoms with Crippen LogP contribution in [0.15, 0.2) is 10.5 Å². The summed E-state index contributed by atoms with van der Waals surface area (Å²) in [7, 11) is 1.22. The van der Waals surface area contributed by atoms with Crippen molar-refractivity contribution >= 4 is 5.97 Å². The molecule has 17 heavy (non-hydrogen) atoms. The second-order valence-corrected chi connectivity index (χ2v) is 4.24. The Morgan fingerprint density at radius 1 is 1.65 bits per heavy atom. The van der Waals surface area contributed by atoms with Crippen molar-refractivity contribution in [3.05, 3.63) is 23.2 Å². The van der Waals surface area contributed by atoms with Gasteiger partial charge in [-0.3, -0.25) is 0 Å². The van der Waals surface area contributed by atoms with Crippen LogP contribution in [-0.4, -0.2) is 25.5 Å². The fourth-order valence-corrected chi connectivity index (χ4v) is 1.95. The minimum atomic E-state index is -2.86. The molecule has 2 N–H and O–H groups in total. The first-order valence-electron chi connectivity index (χ1n) is 5.15. The van der Waals surface area contributed by atoms with Crippen LogP contribution in [0.3, 0.4) is 0 Å². The number of furan rings is 1. The Morgan fingerprint density at radius 2 is 2.24 bits per heavy atom. The van der Waals surface area contributed by atoms with E-state index in [0.717, 1.165) is 0 Å². The smallest absolute Gasteiger partial charge is 0.341 e. The molecule has 1 aliphatic carbocycles. The molecule has 1 atom stereocenters. The number of carbonyl (C=O) groups excluding carboxylic acids is 1. The van der Waals surface area contributed by atoms with Crippen LogP contribution in [0.25, 0.3) is 0 Å². The van der Waals surface area contributed by atoms with E-state index in [4.69, 9.17) is 10.2 Å². The van der Waals surface area contributed by atoms with E-state index in [1.807, 2.05) is 0 Å². The van der Waals surface area contributed by atoms with E-state index in [9.17, 15) is 13.6 Å². The largest absolute Gasteiger partial charge is 0.465 e. The number of alkyl halides is 2. The highest BCUT2D eigenvalue weighted by atomic mass is 19.3. The summed E-state index contributed by atoms with van der Waals surface area (Å²) in [5.74, 6) is -3.14. The summed E-state index contributed by atoms with van der Waals surface area (Å²) >= 11 is 0. The van der Waals surface area contributed by atoms with Crippen molar-refractivity contribution in [2.24, 2.45) is 5.73 Å². The van der Waals surface area contributed by atoms with Crippen molar-refractivity contribution in [3.63, 3.8) is 0 Å². The van der Waals surface area contributed by atoms with Gasteiger partial charge in [0.05, 0.1) is 7.11 Å². The maximum Gasteiger partial charge on any atom is 0.341 e. The topological polar surface area (TPSA) is 65.5 Å². The van der Waals surface area contributed by atoms with Crippen molar-refractivity contribution in [1.82, 2.24) is 0 Å². The fraction of sp³-hybridized carbons (Fsp3) is 0.545. The molecule has 4 nitrogen and oxygen atoms in total. The summed E-state index contributed by atoms with van der Waals surface area (Å²) < 4.78 is 36.4. The minimum absolute atomic E-state index is 0.0582. The average molecular weight is 245 g/mol. The minimum Gasteiger partial charge on any atom is -0.465 e. The normalized spacial score (nSPS) is 25.7. The maximum atomic E-state index is 13.3. The van der Waals surface area contributed by atoms with E-state index in [2.05, 4.69) is 4.74 Å². The van der Waals surface area contributed by atoms with Gasteiger partial charge in [0.25, 0.3) is 5.92 Å². The van der Waals surface area contributed by atoms with Crippen molar-refractivity contribution < 1.29 is 22.7 Å². The van der Waals surface area contributed by atoms with Crippen LogP contribution in [-0.2, 0) is 10.2 Å². The van der Waals surface area contributed by atoms with E-state index >= 15 is 0 Å². The Labute approximate surface area is 96.7 Å². The first-order chi connectivity index (χ1) is 7.88. The number of ether oxygens (including phenoxy) is 1. The molecule has 0 aliphatic heterocycles. The third-order valence-corrected chi connectivity index (χ3v) is 3.24. The number of methoxy groups -OCH3 is 1. The number of aryl methyl sites for hydroxylation is 1. The number of carbonyl (C=O) groups is 1. The molecular formula is C11H13F2NO3. The number of nitrogens with two attached hydrogens (primary N) is 1. The molecule has 1 fully saturated rings. The summed E-state index contributed by atoms with van der Waals surface area (Å²) in [6, 6.07) is 1.30. The van der Waals surface area contributed by atoms with E-state index in [-0.39, 0.29) is 30.0 Å². The van der Waals surface area contributed by atoms with E-state index < -0.39 is 17.3 Å². The first-order valence-corrected chi connectivity index (χ1v) is 5.15. The molecule has 6 heteroatoms. The second-order valence-electron chi connectivity index (χ2n) is 4.24. The Bertz CT molecular complexity index is 469. The molecule has 1 unspecified atom stereocenters. The number of hydrogen-bond donors (Lipinski definition) is 1. The Kier molecular flexibility index (Phi) is 2.50. The zero-order chi connectivity index (χ0) is 12.8. The Balaban J connectivity index is 2.39. The molecule has 1 aromatic rings. The third kappa shape index (κ3) is 1.55. The molecule has 0 saturated heterocycles. The number of halogens is 2. The van der Waals surface area contributed by atoms with Crippen LogP contribution in [0.5, 0.6) is 0 Å². The molecule has 2 rings (SSSR count). The maximum absolute atomic E-state index is 13.3. The van der Waals surface area contributed by atoms with Crippen molar-refractivity contribution in [3.8, 4) is 0 Å². The van der Waals surface area contributed by atoms with Gasteiger partial charge in [-0.05, 0) is 13.0 Å². The summed E-state index contributed by atoms with van der Waals surface area (Å²) in [5, 5.41) is 0. The second kappa shape index (κ2) is 3.53. The molecule has 0 aromatic carbocycles. The molecule has 1 aliphatic rings. The SMILES string of the molecule is COC(=O)c1cc(C2(CN)CC2(F)F)oc1C. The van der Waals surface area contributed by atoms with Gasteiger partial charge in [-0.1, -0.05) is 0 Å². The lowest BCUT2D eigenvalue weighted by Gasteiger charge is -2.09. The van der Waals surface area contributed by atoms with Crippen molar-refractivity contribution in [1.29, 1.82) is 0 Å². The van der Waals surface area contributed by atoms with E-state index in [1.54, 1.807) is 0 Å². The van der Waals surface area contributed by atoms with Crippen LogP contribution in [0.1, 0.15) is 28.3 Å². The lowest BCUT2D eigenvalue weighted by molar-refractivity contribution is 0.0598. The van der Waals surface area contributed by atoms with Crippen molar-refractivity contribution in [2.75, 3.05) is 13.7 Å². The van der Waals surface area contributed by atoms with Gasteiger partial charge in [0.1, 0.15) is 22.5 Å². The fourth-order valence-electron chi connectivity index (χ4n) is 1.95. The van der Waals surface area contributed by atoms with Crippen molar-refractivity contribution in [2.45, 2.75) is 24.7 Å². The molecule has 0 bridgehead atoms. The van der Waals surface area contributed by atoms with Crippen LogP contribution >= 0.6 is 0 Å². The lowest BCUT2D eigenvalue weighted by atomic mass is 10.0. The van der Waals surface area contributed by atoms with Crippen LogP contribution in [0, 0.1) is 6.92 Å². The molecule has 1 aromatic heterocycles. The highest BCUT2D eigenvalue weighted by Gasteiger charge is 2.73. The van der Waals surface area contributed by atoms with E-state index in [0.29, 0.717) is 0 Å². The average Bonchev–Trinajstić information content (AvgIpc) is 2.65. The van der Waals surface area contributed by atoms with Gasteiger partial charge in [-0.25, -0.2) is 13.6 Å². The highest BCUT2D eigenvalue weighted by Crippen LogP contribution is 2.61. The molecule has 1 saturated carbocycles. The van der Waals surface area contributed by atoms with Crippen LogP contribution in [0.2, 0.25) is 0 Å². The van der Waals surface area contributed by atoms with Gasteiger partial charge in [0.15, 0.2) is 0 Å². The van der Waals surface area contributed by atoms with Gasteiger partial charge in [-0.15, -0.1) is 0 Å². The van der Waals surface area contributed by atoms with Gasteiger partial charge in [0, 0.05) is 13.0 Å².